The van der Waals surface area contributed by atoms with Gasteiger partial charge in [0.2, 0.25) is 0 Å². The second-order valence-corrected chi connectivity index (χ2v) is 6.95. The number of nitro groups is 1. The number of benzene rings is 1. The van der Waals surface area contributed by atoms with Crippen molar-refractivity contribution in [3.8, 4) is 5.75 Å². The lowest BCUT2D eigenvalue weighted by molar-refractivity contribution is -0.385. The molecule has 0 aliphatic rings. The molecule has 0 amide bonds. The predicted octanol–water partition coefficient (Wildman–Crippen LogP) is 2.19. The maximum absolute atomic E-state index is 10.6. The smallest absolute Gasteiger partial charge is 0.272 e. The Morgan fingerprint density at radius 3 is 2.65 bits per heavy atom. The third-order valence-electron chi connectivity index (χ3n) is 2.06. The van der Waals surface area contributed by atoms with E-state index in [-0.39, 0.29) is 5.69 Å². The predicted molar refractivity (Wildman–Crippen MR) is 66.8 cm³/mol. The third-order valence-corrected chi connectivity index (χ3v) is 4.47. The van der Waals surface area contributed by atoms with Crippen LogP contribution in [0.3, 0.4) is 0 Å². The first-order chi connectivity index (χ1) is 7.91. The van der Waals surface area contributed by atoms with Gasteiger partial charge in [-0.15, -0.1) is 0 Å². The summed E-state index contributed by atoms with van der Waals surface area (Å²) in [5.41, 5.74) is 0.468. The van der Waals surface area contributed by atoms with Gasteiger partial charge in [0.25, 0.3) is 12.2 Å². The van der Waals surface area contributed by atoms with Crippen molar-refractivity contribution in [3.05, 3.63) is 33.9 Å². The normalized spacial score (nSPS) is 14.1. The summed E-state index contributed by atoms with van der Waals surface area (Å²) in [4.78, 5) is 10.1. The molecule has 0 aromatic heterocycles. The van der Waals surface area contributed by atoms with Crippen molar-refractivity contribution in [2.45, 2.75) is 6.92 Å². The molecule has 94 valence electrons. The van der Waals surface area contributed by atoms with Crippen molar-refractivity contribution < 1.29 is 19.1 Å². The molecular formula is C9H12NO5PS. The van der Waals surface area contributed by atoms with E-state index >= 15 is 0 Å². The van der Waals surface area contributed by atoms with Gasteiger partial charge in [-0.3, -0.25) is 10.1 Å². The number of rotatable bonds is 5. The summed E-state index contributed by atoms with van der Waals surface area (Å²) in [6.07, 6.45) is -0.394. The van der Waals surface area contributed by atoms with Gasteiger partial charge in [0.15, 0.2) is 0 Å². The molecule has 0 spiro atoms. The molecular weight excluding hydrogens is 265 g/mol. The number of nitro benzene ring substituents is 1. The van der Waals surface area contributed by atoms with E-state index in [2.05, 4.69) is 0 Å². The maximum Gasteiger partial charge on any atom is 0.272 e. The van der Waals surface area contributed by atoms with Gasteiger partial charge in [-0.05, 0) is 30.9 Å². The molecule has 8 heteroatoms. The molecule has 0 heterocycles. The first-order valence-electron chi connectivity index (χ1n) is 4.62. The molecule has 17 heavy (non-hydrogen) atoms. The van der Waals surface area contributed by atoms with E-state index in [0.29, 0.717) is 11.3 Å². The zero-order valence-corrected chi connectivity index (χ0v) is 11.0. The zero-order chi connectivity index (χ0) is 13.1. The average molecular weight is 277 g/mol. The molecule has 0 aliphatic heterocycles. The van der Waals surface area contributed by atoms with Gasteiger partial charge in [0.05, 0.1) is 4.92 Å². The molecule has 1 atom stereocenters. The maximum atomic E-state index is 10.6. The van der Waals surface area contributed by atoms with Crippen LogP contribution >= 0.6 is 6.49 Å². The number of aryl methyl sites for hydroxylation is 1. The van der Waals surface area contributed by atoms with E-state index in [0.717, 1.165) is 0 Å². The van der Waals surface area contributed by atoms with Gasteiger partial charge in [0, 0.05) is 18.7 Å². The molecule has 0 saturated carbocycles. The Balaban J connectivity index is 2.99. The lowest BCUT2D eigenvalue weighted by atomic mass is 10.2. The minimum absolute atomic E-state index is 0.00654. The van der Waals surface area contributed by atoms with E-state index in [1.54, 1.807) is 6.92 Å². The monoisotopic (exact) mass is 277 g/mol. The van der Waals surface area contributed by atoms with E-state index in [4.69, 9.17) is 26.0 Å². The van der Waals surface area contributed by atoms with Crippen LogP contribution in [0.1, 0.15) is 5.56 Å². The van der Waals surface area contributed by atoms with Crippen LogP contribution in [0.5, 0.6) is 5.75 Å². The number of aliphatic hydroxyl groups is 1. The van der Waals surface area contributed by atoms with Crippen molar-refractivity contribution in [1.82, 2.24) is 0 Å². The van der Waals surface area contributed by atoms with Crippen LogP contribution < -0.4 is 4.52 Å². The van der Waals surface area contributed by atoms with Crippen LogP contribution in [-0.2, 0) is 16.3 Å². The van der Waals surface area contributed by atoms with Crippen LogP contribution in [-0.4, -0.2) is 23.5 Å². The van der Waals surface area contributed by atoms with E-state index in [9.17, 15) is 10.1 Å². The summed E-state index contributed by atoms with van der Waals surface area (Å²) in [5, 5.41) is 19.7. The molecule has 0 fully saturated rings. The largest absolute Gasteiger partial charge is 0.442 e. The highest BCUT2D eigenvalue weighted by Crippen LogP contribution is 2.47. The van der Waals surface area contributed by atoms with Gasteiger partial charge in [-0.25, -0.2) is 0 Å². The molecule has 1 unspecified atom stereocenters. The van der Waals surface area contributed by atoms with Gasteiger partial charge in [-0.1, -0.05) is 0 Å². The standard InChI is InChI=1S/C9H12NO5PS/c1-7-5-8(3-4-9(7)10(12)13)15-16(17,6-11)14-2/h3-5,11H,6H2,1-2H3. The quantitative estimate of drug-likeness (QED) is 0.504. The van der Waals surface area contributed by atoms with Crippen molar-refractivity contribution in [3.63, 3.8) is 0 Å². The molecule has 1 N–H and O–H groups in total. The Labute approximate surface area is 103 Å². The van der Waals surface area contributed by atoms with Gasteiger partial charge < -0.3 is 14.2 Å². The molecule has 0 radical (unpaired) electrons. The number of hydrogen-bond acceptors (Lipinski definition) is 6. The van der Waals surface area contributed by atoms with Crippen LogP contribution in [0.4, 0.5) is 5.69 Å². The topological polar surface area (TPSA) is 81.8 Å². The number of nitrogens with zero attached hydrogens (tertiary/aromatic N) is 1. The molecule has 0 saturated heterocycles. The molecule has 1 aromatic rings. The highest BCUT2D eigenvalue weighted by molar-refractivity contribution is 8.10. The Morgan fingerprint density at radius 1 is 1.59 bits per heavy atom. The highest BCUT2D eigenvalue weighted by atomic mass is 32.5. The van der Waals surface area contributed by atoms with Crippen LogP contribution in [0.2, 0.25) is 0 Å². The second-order valence-electron chi connectivity index (χ2n) is 3.23. The fourth-order valence-electron chi connectivity index (χ4n) is 1.17. The highest BCUT2D eigenvalue weighted by Gasteiger charge is 2.19. The lowest BCUT2D eigenvalue weighted by Crippen LogP contribution is -2.00. The summed E-state index contributed by atoms with van der Waals surface area (Å²) in [5.74, 6) is 0.354. The SMILES string of the molecule is COP(=S)(CO)Oc1ccc([N+](=O)[O-])c(C)c1. The van der Waals surface area contributed by atoms with E-state index < -0.39 is 17.8 Å². The Bertz CT molecular complexity index is 470. The molecule has 1 aromatic carbocycles. The van der Waals surface area contributed by atoms with Crippen molar-refractivity contribution in [1.29, 1.82) is 0 Å². The van der Waals surface area contributed by atoms with Gasteiger partial charge in [-0.2, -0.15) is 0 Å². The van der Waals surface area contributed by atoms with E-state index in [1.807, 2.05) is 0 Å². The lowest BCUT2D eigenvalue weighted by Gasteiger charge is -2.18. The Hall–Kier alpha value is -1.01. The first kappa shape index (κ1) is 14.1. The molecule has 6 nitrogen and oxygen atoms in total. The second kappa shape index (κ2) is 5.55. The fraction of sp³-hybridized carbons (Fsp3) is 0.333. The number of hydrogen-bond donors (Lipinski definition) is 1. The molecule has 0 aliphatic carbocycles. The summed E-state index contributed by atoms with van der Waals surface area (Å²) >= 11 is 5.00. The van der Waals surface area contributed by atoms with Gasteiger partial charge in [0.1, 0.15) is 12.1 Å². The minimum Gasteiger partial charge on any atom is -0.442 e. The van der Waals surface area contributed by atoms with Crippen LogP contribution in [0.15, 0.2) is 18.2 Å². The fourth-order valence-corrected chi connectivity index (χ4v) is 2.11. The van der Waals surface area contributed by atoms with Crippen molar-refractivity contribution >= 4 is 24.0 Å². The zero-order valence-electron chi connectivity index (χ0n) is 9.32. The average Bonchev–Trinajstić information content (AvgIpc) is 2.28. The number of aliphatic hydroxyl groups excluding tert-OH is 1. The third kappa shape index (κ3) is 3.47. The minimum atomic E-state index is -2.74. The summed E-state index contributed by atoms with van der Waals surface area (Å²) in [7, 11) is 1.36. The summed E-state index contributed by atoms with van der Waals surface area (Å²) in [6.45, 7) is -1.15. The Morgan fingerprint density at radius 2 is 2.24 bits per heavy atom. The summed E-state index contributed by atoms with van der Waals surface area (Å²) < 4.78 is 10.3. The van der Waals surface area contributed by atoms with E-state index in [1.165, 1.54) is 25.3 Å². The van der Waals surface area contributed by atoms with Crippen LogP contribution in [0, 0.1) is 17.0 Å². The van der Waals surface area contributed by atoms with Crippen molar-refractivity contribution in [2.24, 2.45) is 0 Å². The molecule has 0 bridgehead atoms. The molecule has 1 rings (SSSR count). The van der Waals surface area contributed by atoms with Crippen molar-refractivity contribution in [2.75, 3.05) is 13.5 Å². The summed E-state index contributed by atoms with van der Waals surface area (Å²) in [6, 6.07) is 4.26. The van der Waals surface area contributed by atoms with Gasteiger partial charge >= 0.3 is 0 Å². The van der Waals surface area contributed by atoms with Crippen LogP contribution in [0.25, 0.3) is 0 Å². The Kier molecular flexibility index (Phi) is 4.59. The first-order valence-corrected chi connectivity index (χ1v) is 7.44.